The average Bonchev–Trinajstić information content (AvgIpc) is 2.85. The molecule has 1 heterocycles. The first kappa shape index (κ1) is 17.8. The van der Waals surface area contributed by atoms with Crippen molar-refractivity contribution in [2.45, 2.75) is 34.1 Å². The van der Waals surface area contributed by atoms with E-state index in [0.717, 1.165) is 22.0 Å². The Labute approximate surface area is 141 Å². The van der Waals surface area contributed by atoms with Gasteiger partial charge in [-0.3, -0.25) is 4.79 Å². The predicted octanol–water partition coefficient (Wildman–Crippen LogP) is 3.79. The first-order valence-corrected chi connectivity index (χ1v) is 7.93. The van der Waals surface area contributed by atoms with Crippen molar-refractivity contribution in [3.05, 3.63) is 41.1 Å². The first-order valence-electron chi connectivity index (χ1n) is 7.93. The van der Waals surface area contributed by atoms with Gasteiger partial charge in [0.25, 0.3) is 0 Å². The number of carbonyl (C=O) groups is 2. The van der Waals surface area contributed by atoms with E-state index in [0.29, 0.717) is 12.2 Å². The molecule has 2 rings (SSSR count). The number of carboxylic acid groups (broad SMARTS) is 1. The average molecular weight is 329 g/mol. The van der Waals surface area contributed by atoms with Crippen LogP contribution in [-0.2, 0) is 20.7 Å². The number of ether oxygens (including phenoxy) is 1. The van der Waals surface area contributed by atoms with Gasteiger partial charge in [-0.25, -0.2) is 4.79 Å². The van der Waals surface area contributed by atoms with Gasteiger partial charge in [0.15, 0.2) is 0 Å². The van der Waals surface area contributed by atoms with Gasteiger partial charge in [-0.2, -0.15) is 0 Å². The van der Waals surface area contributed by atoms with Crippen molar-refractivity contribution in [3.63, 3.8) is 0 Å². The van der Waals surface area contributed by atoms with E-state index in [4.69, 9.17) is 4.74 Å². The van der Waals surface area contributed by atoms with Crippen LogP contribution in [-0.4, -0.2) is 28.6 Å². The van der Waals surface area contributed by atoms with Gasteiger partial charge < -0.3 is 14.8 Å². The number of hydrogen-bond donors (Lipinski definition) is 2. The fourth-order valence-electron chi connectivity index (χ4n) is 2.55. The molecule has 0 saturated carbocycles. The number of fused-ring (bicyclic) bond motifs is 1. The minimum Gasteiger partial charge on any atom is -0.478 e. The maximum Gasteiger partial charge on any atom is 0.332 e. The third kappa shape index (κ3) is 4.04. The van der Waals surface area contributed by atoms with Crippen LogP contribution in [0.15, 0.2) is 30.0 Å². The van der Waals surface area contributed by atoms with Crippen molar-refractivity contribution in [2.24, 2.45) is 5.41 Å². The topological polar surface area (TPSA) is 79.4 Å². The van der Waals surface area contributed by atoms with E-state index in [2.05, 4.69) is 4.98 Å². The summed E-state index contributed by atoms with van der Waals surface area (Å²) in [7, 11) is 0. The van der Waals surface area contributed by atoms with Crippen molar-refractivity contribution in [1.82, 2.24) is 4.98 Å². The van der Waals surface area contributed by atoms with Crippen LogP contribution >= 0.6 is 0 Å². The maximum absolute atomic E-state index is 11.7. The van der Waals surface area contributed by atoms with Crippen LogP contribution in [0.4, 0.5) is 0 Å². The minimum absolute atomic E-state index is 0.198. The van der Waals surface area contributed by atoms with Gasteiger partial charge >= 0.3 is 11.9 Å². The summed E-state index contributed by atoms with van der Waals surface area (Å²) in [6, 6.07) is 5.65. The number of hydrogen-bond acceptors (Lipinski definition) is 3. The molecule has 5 nitrogen and oxygen atoms in total. The Hall–Kier alpha value is -2.56. The summed E-state index contributed by atoms with van der Waals surface area (Å²) >= 11 is 0. The Balaban J connectivity index is 2.44. The molecule has 0 aliphatic heterocycles. The molecule has 2 N–H and O–H groups in total. The van der Waals surface area contributed by atoms with Crippen molar-refractivity contribution in [3.8, 4) is 0 Å². The summed E-state index contributed by atoms with van der Waals surface area (Å²) in [5, 5.41) is 10.4. The Morgan fingerprint density at radius 2 is 2.00 bits per heavy atom. The van der Waals surface area contributed by atoms with Gasteiger partial charge in [-0.15, -0.1) is 0 Å². The molecule has 24 heavy (non-hydrogen) atoms. The Bertz CT molecular complexity index is 793. The van der Waals surface area contributed by atoms with Gasteiger partial charge in [0, 0.05) is 28.2 Å². The normalized spacial score (nSPS) is 12.4. The molecule has 0 radical (unpaired) electrons. The summed E-state index contributed by atoms with van der Waals surface area (Å²) in [5.41, 5.74) is 2.38. The zero-order valence-corrected chi connectivity index (χ0v) is 14.5. The number of esters is 1. The van der Waals surface area contributed by atoms with Crippen molar-refractivity contribution in [1.29, 1.82) is 0 Å². The summed E-state index contributed by atoms with van der Waals surface area (Å²) in [6.07, 6.45) is 3.67. The van der Waals surface area contributed by atoms with Crippen LogP contribution in [0.5, 0.6) is 0 Å². The lowest BCUT2D eigenvalue weighted by Gasteiger charge is -2.19. The summed E-state index contributed by atoms with van der Waals surface area (Å²) < 4.78 is 4.97. The highest BCUT2D eigenvalue weighted by atomic mass is 16.5. The number of benzene rings is 1. The molecule has 0 saturated heterocycles. The van der Waals surface area contributed by atoms with Crippen molar-refractivity contribution < 1.29 is 19.4 Å². The quantitative estimate of drug-likeness (QED) is 0.646. The fraction of sp³-hybridized carbons (Fsp3) is 0.368. The van der Waals surface area contributed by atoms with E-state index in [1.807, 2.05) is 39.0 Å². The second-order valence-corrected chi connectivity index (χ2v) is 6.72. The van der Waals surface area contributed by atoms with E-state index in [1.54, 1.807) is 19.2 Å². The van der Waals surface area contributed by atoms with Crippen LogP contribution in [0.25, 0.3) is 17.0 Å². The molecule has 0 amide bonds. The standard InChI is InChI=1S/C19H23NO4/c1-5-24-17(21)9-12-6-7-16-14(8-12)13(11-20-16)10-15(18(22)23)19(2,3)4/h6-8,10-11,20H,5,9H2,1-4H3,(H,22,23)/b15-10-. The number of aromatic amines is 1. The van der Waals surface area contributed by atoms with Gasteiger partial charge in [0.05, 0.1) is 13.0 Å². The lowest BCUT2D eigenvalue weighted by molar-refractivity contribution is -0.142. The number of nitrogens with one attached hydrogen (secondary N) is 1. The second kappa shape index (κ2) is 6.91. The molecule has 0 bridgehead atoms. The molecule has 128 valence electrons. The highest BCUT2D eigenvalue weighted by Crippen LogP contribution is 2.30. The van der Waals surface area contributed by atoms with E-state index < -0.39 is 11.4 Å². The fourth-order valence-corrected chi connectivity index (χ4v) is 2.55. The third-order valence-corrected chi connectivity index (χ3v) is 3.77. The third-order valence-electron chi connectivity index (χ3n) is 3.77. The predicted molar refractivity (Wildman–Crippen MR) is 93.7 cm³/mol. The molecule has 0 atom stereocenters. The van der Waals surface area contributed by atoms with Gasteiger partial charge in [0.1, 0.15) is 0 Å². The zero-order valence-electron chi connectivity index (χ0n) is 14.5. The van der Waals surface area contributed by atoms with Gasteiger partial charge in [-0.05, 0) is 36.1 Å². The zero-order chi connectivity index (χ0) is 17.9. The summed E-state index contributed by atoms with van der Waals surface area (Å²) in [6.45, 7) is 7.73. The lowest BCUT2D eigenvalue weighted by Crippen LogP contribution is -2.17. The summed E-state index contributed by atoms with van der Waals surface area (Å²) in [5.74, 6) is -1.20. The van der Waals surface area contributed by atoms with E-state index in [1.165, 1.54) is 0 Å². The molecule has 1 aromatic heterocycles. The smallest absolute Gasteiger partial charge is 0.332 e. The number of carboxylic acids is 1. The van der Waals surface area contributed by atoms with E-state index >= 15 is 0 Å². The van der Waals surface area contributed by atoms with E-state index in [-0.39, 0.29) is 12.4 Å². The van der Waals surface area contributed by atoms with Crippen LogP contribution in [0, 0.1) is 5.41 Å². The van der Waals surface area contributed by atoms with Gasteiger partial charge in [-0.1, -0.05) is 26.8 Å². The van der Waals surface area contributed by atoms with Crippen molar-refractivity contribution >= 4 is 28.9 Å². The Morgan fingerprint density at radius 1 is 1.29 bits per heavy atom. The number of rotatable bonds is 5. The largest absolute Gasteiger partial charge is 0.478 e. The Kier molecular flexibility index (Phi) is 5.12. The minimum atomic E-state index is -0.931. The second-order valence-electron chi connectivity index (χ2n) is 6.72. The Morgan fingerprint density at radius 3 is 2.58 bits per heavy atom. The molecule has 5 heteroatoms. The van der Waals surface area contributed by atoms with Crippen LogP contribution in [0.2, 0.25) is 0 Å². The molecule has 0 aliphatic carbocycles. The molecular weight excluding hydrogens is 306 g/mol. The number of aromatic nitrogens is 1. The summed E-state index contributed by atoms with van der Waals surface area (Å²) in [4.78, 5) is 26.3. The number of carbonyl (C=O) groups excluding carboxylic acids is 1. The molecule has 0 aliphatic rings. The van der Waals surface area contributed by atoms with Crippen LogP contribution in [0.1, 0.15) is 38.8 Å². The van der Waals surface area contributed by atoms with Crippen molar-refractivity contribution in [2.75, 3.05) is 6.61 Å². The highest BCUT2D eigenvalue weighted by Gasteiger charge is 2.23. The van der Waals surface area contributed by atoms with Crippen LogP contribution in [0.3, 0.4) is 0 Å². The lowest BCUT2D eigenvalue weighted by atomic mass is 9.85. The van der Waals surface area contributed by atoms with E-state index in [9.17, 15) is 14.7 Å². The molecule has 2 aromatic rings. The molecule has 0 fully saturated rings. The monoisotopic (exact) mass is 329 g/mol. The number of H-pyrrole nitrogens is 1. The molecule has 0 unspecified atom stereocenters. The SMILES string of the molecule is CCOC(=O)Cc1ccc2[nH]cc(/C=C(/C(=O)O)C(C)(C)C)c2c1. The van der Waals surface area contributed by atoms with Crippen LogP contribution < -0.4 is 0 Å². The highest BCUT2D eigenvalue weighted by molar-refractivity contribution is 5.98. The number of aliphatic carboxylic acids is 1. The molecular formula is C19H23NO4. The molecule has 1 aromatic carbocycles. The molecule has 0 spiro atoms. The van der Waals surface area contributed by atoms with Gasteiger partial charge in [0.2, 0.25) is 0 Å². The first-order chi connectivity index (χ1) is 11.2. The maximum atomic E-state index is 11.7.